The van der Waals surface area contributed by atoms with E-state index in [1.807, 2.05) is 0 Å². The Morgan fingerprint density at radius 2 is 0.506 bits per heavy atom. The highest BCUT2D eigenvalue weighted by molar-refractivity contribution is 5.71. The molecule has 81 heavy (non-hydrogen) atoms. The monoisotopic (exact) mass is 1130 g/mol. The third-order valence-corrected chi connectivity index (χ3v) is 15.7. The van der Waals surface area contributed by atoms with Crippen LogP contribution in [0.25, 0.3) is 0 Å². The van der Waals surface area contributed by atoms with E-state index in [1.54, 1.807) is 0 Å². The second kappa shape index (κ2) is 69.3. The number of allylic oxidation sites excluding steroid dienone is 12. The average Bonchev–Trinajstić information content (AvgIpc) is 3.47. The van der Waals surface area contributed by atoms with Crippen molar-refractivity contribution in [2.24, 2.45) is 0 Å². The molecular formula is C75H134O6. The molecule has 0 aromatic heterocycles. The molecule has 0 heterocycles. The highest BCUT2D eigenvalue weighted by Gasteiger charge is 2.19. The molecule has 1 atom stereocenters. The molecule has 6 heteroatoms. The molecule has 6 nitrogen and oxygen atoms in total. The van der Waals surface area contributed by atoms with E-state index in [-0.39, 0.29) is 31.1 Å². The molecule has 0 amide bonds. The van der Waals surface area contributed by atoms with Gasteiger partial charge in [0.1, 0.15) is 13.2 Å². The van der Waals surface area contributed by atoms with Crippen LogP contribution in [0.1, 0.15) is 367 Å². The molecule has 470 valence electrons. The largest absolute Gasteiger partial charge is 0.462 e. The van der Waals surface area contributed by atoms with E-state index in [9.17, 15) is 14.4 Å². The van der Waals surface area contributed by atoms with Gasteiger partial charge in [0.15, 0.2) is 6.10 Å². The highest BCUT2D eigenvalue weighted by Crippen LogP contribution is 2.18. The minimum absolute atomic E-state index is 0.0714. The van der Waals surface area contributed by atoms with E-state index in [4.69, 9.17) is 14.2 Å². The maximum absolute atomic E-state index is 12.9. The van der Waals surface area contributed by atoms with Gasteiger partial charge in [0.25, 0.3) is 0 Å². The topological polar surface area (TPSA) is 78.9 Å². The fourth-order valence-corrected chi connectivity index (χ4v) is 10.4. The predicted octanol–water partition coefficient (Wildman–Crippen LogP) is 24.4. The van der Waals surface area contributed by atoms with Crippen LogP contribution in [0.4, 0.5) is 0 Å². The number of unbranched alkanes of at least 4 members (excludes halogenated alkanes) is 42. The highest BCUT2D eigenvalue weighted by atomic mass is 16.6. The number of hydrogen-bond donors (Lipinski definition) is 0. The Hall–Kier alpha value is -3.15. The van der Waals surface area contributed by atoms with Crippen molar-refractivity contribution < 1.29 is 28.6 Å². The Morgan fingerprint density at radius 3 is 0.815 bits per heavy atom. The van der Waals surface area contributed by atoms with Crippen molar-refractivity contribution in [1.29, 1.82) is 0 Å². The maximum atomic E-state index is 12.9. The lowest BCUT2D eigenvalue weighted by Crippen LogP contribution is -2.30. The van der Waals surface area contributed by atoms with Gasteiger partial charge in [-0.05, 0) is 83.5 Å². The standard InChI is InChI=1S/C75H134O6/c1-4-7-10-13-16-19-22-24-26-28-30-31-32-33-34-35-36-37-38-39-40-41-42-43-44-45-46-48-49-51-53-56-59-62-65-68-74(77)80-71-72(70-79-73(76)67-64-61-58-55-21-18-15-12-9-6-3)81-75(78)69-66-63-60-57-54-52-50-47-29-27-25-23-20-17-14-11-8-5-2/h7,10,12,15-16,19,24,26,30-31,33-34,72H,4-6,8-9,11,13-14,17-18,20-23,25,27-29,32,35-71H2,1-3H3/b10-7-,15-12-,19-16-,26-24-,31-30-,34-33-. The third-order valence-electron chi connectivity index (χ3n) is 15.7. The van der Waals surface area contributed by atoms with Gasteiger partial charge in [-0.3, -0.25) is 14.4 Å². The van der Waals surface area contributed by atoms with Crippen molar-refractivity contribution in [2.45, 2.75) is 374 Å². The first-order valence-corrected chi connectivity index (χ1v) is 35.4. The van der Waals surface area contributed by atoms with Crippen LogP contribution < -0.4 is 0 Å². The van der Waals surface area contributed by atoms with Crippen LogP contribution in [0, 0.1) is 0 Å². The van der Waals surface area contributed by atoms with E-state index in [1.165, 1.54) is 225 Å². The summed E-state index contributed by atoms with van der Waals surface area (Å²) in [5.74, 6) is -0.859. The zero-order valence-corrected chi connectivity index (χ0v) is 54.1. The Kier molecular flexibility index (Phi) is 66.6. The molecule has 0 spiro atoms. The van der Waals surface area contributed by atoms with Gasteiger partial charge in [0.2, 0.25) is 0 Å². The summed E-state index contributed by atoms with van der Waals surface area (Å²) in [4.78, 5) is 38.3. The Labute approximate surface area is 503 Å². The van der Waals surface area contributed by atoms with E-state index in [2.05, 4.69) is 93.7 Å². The molecule has 0 N–H and O–H groups in total. The Morgan fingerprint density at radius 1 is 0.259 bits per heavy atom. The van der Waals surface area contributed by atoms with Gasteiger partial charge in [0, 0.05) is 19.3 Å². The fourth-order valence-electron chi connectivity index (χ4n) is 10.4. The van der Waals surface area contributed by atoms with Crippen LogP contribution in [0.5, 0.6) is 0 Å². The molecule has 1 unspecified atom stereocenters. The summed E-state index contributed by atoms with van der Waals surface area (Å²) in [7, 11) is 0. The Balaban J connectivity index is 4.05. The third kappa shape index (κ3) is 67.5. The predicted molar refractivity (Wildman–Crippen MR) is 353 cm³/mol. The maximum Gasteiger partial charge on any atom is 0.306 e. The molecule has 0 radical (unpaired) electrons. The summed E-state index contributed by atoms with van der Waals surface area (Å²) >= 11 is 0. The fraction of sp³-hybridized carbons (Fsp3) is 0.800. The van der Waals surface area contributed by atoms with Gasteiger partial charge < -0.3 is 14.2 Å². The first-order chi connectivity index (χ1) is 40.0. The SMILES string of the molecule is CC/C=C\C/C=C\C/C=C\C/C=C\C/C=C\CCCCCCCCCCCCCCCCCCCCCC(=O)OCC(COC(=O)CCCCCCC/C=C\CCC)OC(=O)CCCCCCCCCCCCCCCCCCCC. The first-order valence-electron chi connectivity index (χ1n) is 35.4. The summed E-state index contributed by atoms with van der Waals surface area (Å²) in [6, 6.07) is 0. The second-order valence-corrected chi connectivity index (χ2v) is 23.8. The van der Waals surface area contributed by atoms with E-state index < -0.39 is 6.10 Å². The van der Waals surface area contributed by atoms with Crippen LogP contribution in [-0.2, 0) is 28.6 Å². The molecular weight excluding hydrogens is 997 g/mol. The zero-order valence-electron chi connectivity index (χ0n) is 54.1. The molecule has 0 aliphatic heterocycles. The van der Waals surface area contributed by atoms with Gasteiger partial charge in [0.05, 0.1) is 0 Å². The summed E-state index contributed by atoms with van der Waals surface area (Å²) in [5.41, 5.74) is 0. The molecule has 0 aromatic carbocycles. The molecule has 0 aliphatic carbocycles. The van der Waals surface area contributed by atoms with Gasteiger partial charge in [-0.2, -0.15) is 0 Å². The number of esters is 3. The average molecular weight is 1130 g/mol. The van der Waals surface area contributed by atoms with Crippen molar-refractivity contribution in [3.05, 3.63) is 72.9 Å². The molecule has 0 aliphatic rings. The van der Waals surface area contributed by atoms with Crippen molar-refractivity contribution in [3.8, 4) is 0 Å². The lowest BCUT2D eigenvalue weighted by atomic mass is 10.0. The summed E-state index contributed by atoms with van der Waals surface area (Å²) < 4.78 is 16.9. The van der Waals surface area contributed by atoms with Crippen molar-refractivity contribution in [2.75, 3.05) is 13.2 Å². The van der Waals surface area contributed by atoms with Crippen molar-refractivity contribution >= 4 is 17.9 Å². The van der Waals surface area contributed by atoms with Gasteiger partial charge >= 0.3 is 17.9 Å². The minimum atomic E-state index is -0.774. The number of carbonyl (C=O) groups is 3. The van der Waals surface area contributed by atoms with Crippen molar-refractivity contribution in [1.82, 2.24) is 0 Å². The number of rotatable bonds is 65. The molecule has 0 fully saturated rings. The van der Waals surface area contributed by atoms with Crippen LogP contribution >= 0.6 is 0 Å². The summed E-state index contributed by atoms with van der Waals surface area (Å²) in [5, 5.41) is 0. The van der Waals surface area contributed by atoms with E-state index in [0.717, 1.165) is 103 Å². The van der Waals surface area contributed by atoms with Crippen LogP contribution in [0.15, 0.2) is 72.9 Å². The number of carbonyl (C=O) groups excluding carboxylic acids is 3. The molecule has 0 bridgehead atoms. The number of ether oxygens (including phenoxy) is 3. The van der Waals surface area contributed by atoms with Crippen molar-refractivity contribution in [3.63, 3.8) is 0 Å². The molecule has 0 aromatic rings. The quantitative estimate of drug-likeness (QED) is 0.0261. The van der Waals surface area contributed by atoms with Gasteiger partial charge in [-0.1, -0.05) is 338 Å². The summed E-state index contributed by atoms with van der Waals surface area (Å²) in [6.07, 6.45) is 91.0. The second-order valence-electron chi connectivity index (χ2n) is 23.8. The van der Waals surface area contributed by atoms with E-state index >= 15 is 0 Å². The van der Waals surface area contributed by atoms with Crippen LogP contribution in [0.3, 0.4) is 0 Å². The first kappa shape index (κ1) is 77.9. The van der Waals surface area contributed by atoms with Gasteiger partial charge in [-0.15, -0.1) is 0 Å². The zero-order chi connectivity index (χ0) is 58.5. The van der Waals surface area contributed by atoms with Gasteiger partial charge in [-0.25, -0.2) is 0 Å². The normalized spacial score (nSPS) is 12.5. The lowest BCUT2D eigenvalue weighted by molar-refractivity contribution is -0.167. The summed E-state index contributed by atoms with van der Waals surface area (Å²) in [6.45, 7) is 6.51. The molecule has 0 rings (SSSR count). The molecule has 0 saturated heterocycles. The smallest absolute Gasteiger partial charge is 0.306 e. The lowest BCUT2D eigenvalue weighted by Gasteiger charge is -2.18. The minimum Gasteiger partial charge on any atom is -0.462 e. The van der Waals surface area contributed by atoms with Crippen LogP contribution in [-0.4, -0.2) is 37.2 Å². The Bertz CT molecular complexity index is 1490. The number of hydrogen-bond acceptors (Lipinski definition) is 6. The van der Waals surface area contributed by atoms with Crippen LogP contribution in [0.2, 0.25) is 0 Å². The molecule has 0 saturated carbocycles. The van der Waals surface area contributed by atoms with E-state index in [0.29, 0.717) is 19.3 Å².